The number of nitrogens with one attached hydrogen (secondary N) is 2. The number of piperidine rings is 1. The average molecular weight is 503 g/mol. The molecule has 0 saturated carbocycles. The van der Waals surface area contributed by atoms with E-state index in [1.807, 2.05) is 25.1 Å². The first kappa shape index (κ1) is 24.3. The number of amides is 2. The monoisotopic (exact) mass is 503 g/mol. The molecule has 1 heterocycles. The van der Waals surface area contributed by atoms with Crippen molar-refractivity contribution in [1.82, 2.24) is 15.5 Å². The van der Waals surface area contributed by atoms with Crippen molar-refractivity contribution < 1.29 is 9.53 Å². The molecule has 0 atom stereocenters. The first-order valence-corrected chi connectivity index (χ1v) is 9.82. The van der Waals surface area contributed by atoms with E-state index in [-0.39, 0.29) is 30.0 Å². The van der Waals surface area contributed by atoms with Crippen LogP contribution in [-0.4, -0.2) is 55.7 Å². The Morgan fingerprint density at radius 3 is 2.61 bits per heavy atom. The summed E-state index contributed by atoms with van der Waals surface area (Å²) in [6, 6.07) is 8.10. The molecule has 2 rings (SSSR count). The van der Waals surface area contributed by atoms with Gasteiger partial charge in [-0.05, 0) is 37.3 Å². The minimum Gasteiger partial charge on any atom is -0.491 e. The molecule has 1 saturated heterocycles. The molecule has 0 aromatic heterocycles. The minimum absolute atomic E-state index is 0. The van der Waals surface area contributed by atoms with Crippen LogP contribution in [-0.2, 0) is 0 Å². The van der Waals surface area contributed by atoms with Crippen LogP contribution in [0.2, 0.25) is 0 Å². The van der Waals surface area contributed by atoms with E-state index in [1.54, 1.807) is 4.90 Å². The zero-order valence-corrected chi connectivity index (χ0v) is 19.4. The number of para-hydroxylation sites is 1. The van der Waals surface area contributed by atoms with Crippen molar-refractivity contribution in [3.63, 3.8) is 0 Å². The van der Waals surface area contributed by atoms with Gasteiger partial charge >= 0.3 is 6.03 Å². The fraction of sp³-hybridized carbons (Fsp3) is 0.600. The summed E-state index contributed by atoms with van der Waals surface area (Å²) in [4.78, 5) is 17.5. The molecular weight excluding hydrogens is 469 g/mol. The van der Waals surface area contributed by atoms with E-state index in [2.05, 4.69) is 35.5 Å². The Morgan fingerprint density at radius 1 is 1.32 bits per heavy atom. The molecule has 1 aromatic carbocycles. The second-order valence-electron chi connectivity index (χ2n) is 7.05. The van der Waals surface area contributed by atoms with Crippen LogP contribution >= 0.6 is 24.0 Å². The minimum atomic E-state index is -0.340. The van der Waals surface area contributed by atoms with Crippen LogP contribution < -0.4 is 21.1 Å². The Bertz CT molecular complexity index is 631. The third-order valence-electron chi connectivity index (χ3n) is 4.65. The number of nitrogens with two attached hydrogens (primary N) is 1. The van der Waals surface area contributed by atoms with Crippen LogP contribution in [0.25, 0.3) is 0 Å². The first-order chi connectivity index (χ1) is 13.0. The van der Waals surface area contributed by atoms with E-state index in [1.165, 1.54) is 5.56 Å². The number of hydrogen-bond acceptors (Lipinski definition) is 3. The molecule has 1 aliphatic heterocycles. The second-order valence-corrected chi connectivity index (χ2v) is 7.05. The van der Waals surface area contributed by atoms with E-state index >= 15 is 0 Å². The lowest BCUT2D eigenvalue weighted by atomic mass is 10.0. The lowest BCUT2D eigenvalue weighted by molar-refractivity contribution is 0.188. The third-order valence-corrected chi connectivity index (χ3v) is 4.65. The summed E-state index contributed by atoms with van der Waals surface area (Å²) in [5, 5.41) is 6.72. The number of carbonyl (C=O) groups excluding carboxylic acids is 1. The maximum Gasteiger partial charge on any atom is 0.314 e. The van der Waals surface area contributed by atoms with Crippen LogP contribution in [0.4, 0.5) is 4.79 Å². The van der Waals surface area contributed by atoms with E-state index in [0.29, 0.717) is 38.2 Å². The van der Waals surface area contributed by atoms with Crippen LogP contribution in [0, 0.1) is 0 Å². The Morgan fingerprint density at radius 2 is 2.00 bits per heavy atom. The predicted octanol–water partition coefficient (Wildman–Crippen LogP) is 2.91. The fourth-order valence-corrected chi connectivity index (χ4v) is 3.16. The first-order valence-electron chi connectivity index (χ1n) is 9.82. The smallest absolute Gasteiger partial charge is 0.314 e. The zero-order chi connectivity index (χ0) is 19.6. The van der Waals surface area contributed by atoms with Crippen LogP contribution in [0.1, 0.15) is 45.1 Å². The van der Waals surface area contributed by atoms with Gasteiger partial charge in [0.1, 0.15) is 12.4 Å². The molecule has 158 valence electrons. The SMILES string of the molecule is CCNC(=NCCOc1ccccc1C(C)C)NC1CCN(C(N)=O)CC1.I. The maximum atomic E-state index is 11.2. The van der Waals surface area contributed by atoms with E-state index in [9.17, 15) is 4.79 Å². The quantitative estimate of drug-likeness (QED) is 0.231. The van der Waals surface area contributed by atoms with E-state index in [0.717, 1.165) is 31.1 Å². The van der Waals surface area contributed by atoms with Crippen molar-refractivity contribution in [3.8, 4) is 5.75 Å². The number of urea groups is 1. The van der Waals surface area contributed by atoms with Crippen molar-refractivity contribution in [2.45, 2.75) is 45.6 Å². The highest BCUT2D eigenvalue weighted by atomic mass is 127. The largest absolute Gasteiger partial charge is 0.491 e. The molecule has 28 heavy (non-hydrogen) atoms. The van der Waals surface area contributed by atoms with Crippen molar-refractivity contribution in [2.24, 2.45) is 10.7 Å². The summed E-state index contributed by atoms with van der Waals surface area (Å²) >= 11 is 0. The van der Waals surface area contributed by atoms with Gasteiger partial charge in [-0.1, -0.05) is 32.0 Å². The number of benzene rings is 1. The molecule has 1 fully saturated rings. The number of aliphatic imine (C=N–C) groups is 1. The molecule has 4 N–H and O–H groups in total. The summed E-state index contributed by atoms with van der Waals surface area (Å²) in [5.74, 6) is 2.14. The van der Waals surface area contributed by atoms with Crippen LogP contribution in [0.5, 0.6) is 5.75 Å². The van der Waals surface area contributed by atoms with Gasteiger partial charge in [0.05, 0.1) is 6.54 Å². The predicted molar refractivity (Wildman–Crippen MR) is 125 cm³/mol. The molecule has 7 nitrogen and oxygen atoms in total. The number of nitrogens with zero attached hydrogens (tertiary/aromatic N) is 2. The van der Waals surface area contributed by atoms with Gasteiger partial charge in [0.15, 0.2) is 5.96 Å². The van der Waals surface area contributed by atoms with Gasteiger partial charge in [-0.15, -0.1) is 24.0 Å². The average Bonchev–Trinajstić information content (AvgIpc) is 2.66. The molecule has 1 aromatic rings. The topological polar surface area (TPSA) is 92.0 Å². The number of hydrogen-bond donors (Lipinski definition) is 3. The van der Waals surface area contributed by atoms with Gasteiger partial charge in [-0.2, -0.15) is 0 Å². The van der Waals surface area contributed by atoms with Gasteiger partial charge < -0.3 is 26.0 Å². The summed E-state index contributed by atoms with van der Waals surface area (Å²) in [6.07, 6.45) is 1.73. The fourth-order valence-electron chi connectivity index (χ4n) is 3.16. The number of primary amides is 1. The molecule has 8 heteroatoms. The normalized spacial score (nSPS) is 15.1. The zero-order valence-electron chi connectivity index (χ0n) is 17.1. The third kappa shape index (κ3) is 7.73. The molecule has 1 aliphatic rings. The Hall–Kier alpha value is -1.71. The number of rotatable bonds is 7. The van der Waals surface area contributed by atoms with Gasteiger partial charge in [-0.25, -0.2) is 9.79 Å². The molecular formula is C20H34IN5O2. The van der Waals surface area contributed by atoms with Gasteiger partial charge in [0.2, 0.25) is 0 Å². The van der Waals surface area contributed by atoms with Gasteiger partial charge in [0.25, 0.3) is 0 Å². The maximum absolute atomic E-state index is 11.2. The number of guanidine groups is 1. The van der Waals surface area contributed by atoms with Gasteiger partial charge in [-0.3, -0.25) is 0 Å². The lowest BCUT2D eigenvalue weighted by Crippen LogP contribution is -2.50. The highest BCUT2D eigenvalue weighted by Crippen LogP contribution is 2.25. The number of halogens is 1. The molecule has 0 spiro atoms. The Balaban J connectivity index is 0.00000392. The summed E-state index contributed by atoms with van der Waals surface area (Å²) in [5.41, 5.74) is 6.55. The number of carbonyl (C=O) groups is 1. The van der Waals surface area contributed by atoms with E-state index < -0.39 is 0 Å². The molecule has 0 unspecified atom stereocenters. The number of likely N-dealkylation sites (tertiary alicyclic amines) is 1. The van der Waals surface area contributed by atoms with Crippen molar-refractivity contribution in [2.75, 3.05) is 32.8 Å². The van der Waals surface area contributed by atoms with Crippen molar-refractivity contribution in [1.29, 1.82) is 0 Å². The highest BCUT2D eigenvalue weighted by Gasteiger charge is 2.21. The molecule has 0 bridgehead atoms. The van der Waals surface area contributed by atoms with Crippen LogP contribution in [0.3, 0.4) is 0 Å². The van der Waals surface area contributed by atoms with E-state index in [4.69, 9.17) is 10.5 Å². The molecule has 0 radical (unpaired) electrons. The molecule has 0 aliphatic carbocycles. The van der Waals surface area contributed by atoms with Gasteiger partial charge in [0, 0.05) is 25.7 Å². The molecule has 2 amide bonds. The standard InChI is InChI=1S/C20H33N5O2.HI/c1-4-22-20(24-16-9-12-25(13-10-16)19(21)26)23-11-14-27-18-8-6-5-7-17(18)15(2)3;/h5-8,15-16H,4,9-14H2,1-3H3,(H2,21,26)(H2,22,23,24);1H. The van der Waals surface area contributed by atoms with Crippen LogP contribution in [0.15, 0.2) is 29.3 Å². The lowest BCUT2D eigenvalue weighted by Gasteiger charge is -2.32. The van der Waals surface area contributed by atoms with Crippen molar-refractivity contribution in [3.05, 3.63) is 29.8 Å². The summed E-state index contributed by atoms with van der Waals surface area (Å²) in [6.45, 7) is 9.63. The highest BCUT2D eigenvalue weighted by molar-refractivity contribution is 14.0. The Labute approximate surface area is 185 Å². The summed E-state index contributed by atoms with van der Waals surface area (Å²) < 4.78 is 5.94. The van der Waals surface area contributed by atoms with Crippen molar-refractivity contribution >= 4 is 36.0 Å². The Kier molecular flexibility index (Phi) is 11.0. The number of ether oxygens (including phenoxy) is 1. The second kappa shape index (κ2) is 12.7. The summed E-state index contributed by atoms with van der Waals surface area (Å²) in [7, 11) is 0.